The Kier molecular flexibility index (Phi) is 4.58. The molecule has 1 aliphatic heterocycles. The van der Waals surface area contributed by atoms with Crippen LogP contribution >= 0.6 is 11.3 Å². The smallest absolute Gasteiger partial charge is 0.185 e. The van der Waals surface area contributed by atoms with Crippen LogP contribution in [0.4, 0.5) is 5.13 Å². The Hall–Kier alpha value is -0.650. The lowest BCUT2D eigenvalue weighted by Crippen LogP contribution is -2.36. The van der Waals surface area contributed by atoms with Gasteiger partial charge in [0.25, 0.3) is 0 Å². The van der Waals surface area contributed by atoms with Crippen molar-refractivity contribution in [3.63, 3.8) is 0 Å². The molecule has 4 nitrogen and oxygen atoms in total. The van der Waals surface area contributed by atoms with E-state index in [-0.39, 0.29) is 0 Å². The van der Waals surface area contributed by atoms with Crippen LogP contribution in [0, 0.1) is 0 Å². The highest BCUT2D eigenvalue weighted by Crippen LogP contribution is 2.44. The standard InChI is InChI=1S/C15H25N3OS/c1-3-11(2)16-10-13-14(12-4-5-12)17-15(20-13)18-6-8-19-9-7-18/h11-12,16H,3-10H2,1-2H3. The Balaban J connectivity index is 1.72. The molecule has 112 valence electrons. The maximum Gasteiger partial charge on any atom is 0.185 e. The molecule has 0 bridgehead atoms. The molecule has 1 atom stereocenters. The number of thiazole rings is 1. The van der Waals surface area contributed by atoms with Crippen molar-refractivity contribution in [3.05, 3.63) is 10.6 Å². The van der Waals surface area contributed by atoms with Gasteiger partial charge in [-0.05, 0) is 26.2 Å². The molecule has 2 heterocycles. The van der Waals surface area contributed by atoms with Crippen molar-refractivity contribution in [3.8, 4) is 0 Å². The van der Waals surface area contributed by atoms with Gasteiger partial charge < -0.3 is 15.0 Å². The van der Waals surface area contributed by atoms with Crippen LogP contribution in [0.5, 0.6) is 0 Å². The normalized spacial score (nSPS) is 21.2. The van der Waals surface area contributed by atoms with Crippen LogP contribution in [0.3, 0.4) is 0 Å². The summed E-state index contributed by atoms with van der Waals surface area (Å²) >= 11 is 1.88. The molecular weight excluding hydrogens is 270 g/mol. The van der Waals surface area contributed by atoms with Gasteiger partial charge in [0.05, 0.1) is 18.9 Å². The van der Waals surface area contributed by atoms with Crippen LogP contribution in [-0.2, 0) is 11.3 Å². The van der Waals surface area contributed by atoms with Crippen LogP contribution in [-0.4, -0.2) is 37.3 Å². The van der Waals surface area contributed by atoms with E-state index in [1.165, 1.54) is 35.0 Å². The summed E-state index contributed by atoms with van der Waals surface area (Å²) < 4.78 is 5.43. The Bertz CT molecular complexity index is 438. The first-order chi connectivity index (χ1) is 9.78. The molecule has 0 amide bonds. The SMILES string of the molecule is CCC(C)NCc1sc(N2CCOCC2)nc1C1CC1. The summed E-state index contributed by atoms with van der Waals surface area (Å²) in [4.78, 5) is 8.78. The van der Waals surface area contributed by atoms with Crippen LogP contribution < -0.4 is 10.2 Å². The lowest BCUT2D eigenvalue weighted by atomic mass is 10.2. The van der Waals surface area contributed by atoms with Crippen molar-refractivity contribution in [2.45, 2.75) is 51.6 Å². The highest BCUT2D eigenvalue weighted by atomic mass is 32.1. The quantitative estimate of drug-likeness (QED) is 0.875. The molecule has 1 unspecified atom stereocenters. The maximum atomic E-state index is 5.43. The summed E-state index contributed by atoms with van der Waals surface area (Å²) in [7, 11) is 0. The van der Waals surface area contributed by atoms with E-state index >= 15 is 0 Å². The predicted octanol–water partition coefficient (Wildman–Crippen LogP) is 2.75. The average molecular weight is 295 g/mol. The number of morpholine rings is 1. The fraction of sp³-hybridized carbons (Fsp3) is 0.800. The monoisotopic (exact) mass is 295 g/mol. The van der Waals surface area contributed by atoms with Crippen LogP contribution in [0.25, 0.3) is 0 Å². The van der Waals surface area contributed by atoms with E-state index in [1.807, 2.05) is 11.3 Å². The average Bonchev–Trinajstić information content (AvgIpc) is 3.25. The predicted molar refractivity (Wildman–Crippen MR) is 83.7 cm³/mol. The van der Waals surface area contributed by atoms with Crippen molar-refractivity contribution in [2.75, 3.05) is 31.2 Å². The largest absolute Gasteiger partial charge is 0.378 e. The highest BCUT2D eigenvalue weighted by molar-refractivity contribution is 7.15. The second-order valence-corrected chi connectivity index (χ2v) is 6.93. The first-order valence-corrected chi connectivity index (χ1v) is 8.65. The van der Waals surface area contributed by atoms with Gasteiger partial charge in [-0.15, -0.1) is 11.3 Å². The molecule has 0 aromatic carbocycles. The third kappa shape index (κ3) is 3.32. The van der Waals surface area contributed by atoms with Crippen LogP contribution in [0.15, 0.2) is 0 Å². The minimum Gasteiger partial charge on any atom is -0.378 e. The molecule has 2 fully saturated rings. The summed E-state index contributed by atoms with van der Waals surface area (Å²) in [5.74, 6) is 0.731. The second kappa shape index (κ2) is 6.41. The van der Waals surface area contributed by atoms with E-state index in [0.29, 0.717) is 6.04 Å². The van der Waals surface area contributed by atoms with Gasteiger partial charge in [0.2, 0.25) is 0 Å². The number of ether oxygens (including phenoxy) is 1. The Labute approximate surface area is 125 Å². The summed E-state index contributed by atoms with van der Waals surface area (Å²) in [6.07, 6.45) is 3.82. The van der Waals surface area contributed by atoms with Crippen molar-refractivity contribution in [1.82, 2.24) is 10.3 Å². The fourth-order valence-corrected chi connectivity index (χ4v) is 3.60. The van der Waals surface area contributed by atoms with E-state index in [2.05, 4.69) is 24.1 Å². The highest BCUT2D eigenvalue weighted by Gasteiger charge is 2.30. The lowest BCUT2D eigenvalue weighted by Gasteiger charge is -2.26. The van der Waals surface area contributed by atoms with Gasteiger partial charge in [-0.25, -0.2) is 4.98 Å². The zero-order chi connectivity index (χ0) is 13.9. The van der Waals surface area contributed by atoms with E-state index in [1.54, 1.807) is 0 Å². The molecule has 1 aromatic rings. The Morgan fingerprint density at radius 1 is 1.40 bits per heavy atom. The zero-order valence-electron chi connectivity index (χ0n) is 12.5. The molecule has 3 rings (SSSR count). The summed E-state index contributed by atoms with van der Waals surface area (Å²) in [6.45, 7) is 9.08. The summed E-state index contributed by atoms with van der Waals surface area (Å²) in [5, 5.41) is 4.82. The molecule has 1 aromatic heterocycles. The number of rotatable bonds is 6. The summed E-state index contributed by atoms with van der Waals surface area (Å²) in [6, 6.07) is 0.580. The molecular formula is C15H25N3OS. The third-order valence-corrected chi connectivity index (χ3v) is 5.32. The van der Waals surface area contributed by atoms with Crippen molar-refractivity contribution in [1.29, 1.82) is 0 Å². The fourth-order valence-electron chi connectivity index (χ4n) is 2.45. The minimum absolute atomic E-state index is 0.580. The lowest BCUT2D eigenvalue weighted by molar-refractivity contribution is 0.122. The molecule has 1 saturated carbocycles. The van der Waals surface area contributed by atoms with Crippen molar-refractivity contribution >= 4 is 16.5 Å². The van der Waals surface area contributed by atoms with Gasteiger partial charge in [0.15, 0.2) is 5.13 Å². The Morgan fingerprint density at radius 3 is 2.80 bits per heavy atom. The van der Waals surface area contributed by atoms with Crippen LogP contribution in [0.2, 0.25) is 0 Å². The van der Waals surface area contributed by atoms with Gasteiger partial charge in [-0.1, -0.05) is 6.92 Å². The van der Waals surface area contributed by atoms with Gasteiger partial charge in [-0.2, -0.15) is 0 Å². The first kappa shape index (κ1) is 14.3. The van der Waals surface area contributed by atoms with E-state index in [4.69, 9.17) is 9.72 Å². The molecule has 1 aliphatic carbocycles. The number of nitrogens with one attached hydrogen (secondary N) is 1. The molecule has 5 heteroatoms. The molecule has 1 N–H and O–H groups in total. The number of hydrogen-bond acceptors (Lipinski definition) is 5. The van der Waals surface area contributed by atoms with Crippen LogP contribution in [0.1, 0.15) is 49.6 Å². The molecule has 20 heavy (non-hydrogen) atoms. The summed E-state index contributed by atoms with van der Waals surface area (Å²) in [5.41, 5.74) is 1.37. The van der Waals surface area contributed by atoms with Gasteiger partial charge >= 0.3 is 0 Å². The van der Waals surface area contributed by atoms with Crippen molar-refractivity contribution < 1.29 is 4.74 Å². The number of aromatic nitrogens is 1. The van der Waals surface area contributed by atoms with E-state index < -0.39 is 0 Å². The van der Waals surface area contributed by atoms with E-state index in [9.17, 15) is 0 Å². The number of hydrogen-bond donors (Lipinski definition) is 1. The number of nitrogens with zero attached hydrogens (tertiary/aromatic N) is 2. The number of anilines is 1. The topological polar surface area (TPSA) is 37.4 Å². The molecule has 0 spiro atoms. The molecule has 2 aliphatic rings. The van der Waals surface area contributed by atoms with Gasteiger partial charge in [0, 0.05) is 36.5 Å². The zero-order valence-corrected chi connectivity index (χ0v) is 13.3. The second-order valence-electron chi connectivity index (χ2n) is 5.87. The van der Waals surface area contributed by atoms with Gasteiger partial charge in [0.1, 0.15) is 0 Å². The van der Waals surface area contributed by atoms with E-state index in [0.717, 1.165) is 38.8 Å². The molecule has 0 radical (unpaired) electrons. The van der Waals surface area contributed by atoms with Gasteiger partial charge in [-0.3, -0.25) is 0 Å². The third-order valence-electron chi connectivity index (χ3n) is 4.19. The first-order valence-electron chi connectivity index (χ1n) is 7.83. The van der Waals surface area contributed by atoms with Crippen molar-refractivity contribution in [2.24, 2.45) is 0 Å². The maximum absolute atomic E-state index is 5.43. The Morgan fingerprint density at radius 2 is 2.15 bits per heavy atom. The minimum atomic E-state index is 0.580. The molecule has 1 saturated heterocycles.